The van der Waals surface area contributed by atoms with Crippen molar-refractivity contribution in [3.05, 3.63) is 40.5 Å². The molecule has 94 valence electrons. The largest absolute Gasteiger partial charge is 0.444 e. The number of hydrogen-bond donors (Lipinski definition) is 0. The molecule has 0 aliphatic carbocycles. The predicted molar refractivity (Wildman–Crippen MR) is 62.3 cm³/mol. The van der Waals surface area contributed by atoms with E-state index in [9.17, 15) is 14.3 Å². The van der Waals surface area contributed by atoms with E-state index < -0.39 is 4.92 Å². The van der Waals surface area contributed by atoms with Gasteiger partial charge in [-0.3, -0.25) is 0 Å². The van der Waals surface area contributed by atoms with Gasteiger partial charge in [0.15, 0.2) is 0 Å². The van der Waals surface area contributed by atoms with Crippen LogP contribution >= 0.6 is 0 Å². The maximum absolute atomic E-state index is 11.0. The fourth-order valence-electron chi connectivity index (χ4n) is 1.42. The van der Waals surface area contributed by atoms with E-state index in [0.717, 1.165) is 6.20 Å². The second kappa shape index (κ2) is 4.92. The minimum atomic E-state index is -0.536. The average molecular weight is 268 g/mol. The number of hydrogen-bond acceptors (Lipinski definition) is 6. The molecule has 0 saturated heterocycles. The zero-order valence-corrected chi connectivity index (χ0v) is 10.1. The fourth-order valence-corrected chi connectivity index (χ4v) is 1.78. The molecule has 0 amide bonds. The normalized spacial score (nSPS) is 10.3. The van der Waals surface area contributed by atoms with Crippen molar-refractivity contribution in [1.82, 2.24) is 14.5 Å². The van der Waals surface area contributed by atoms with E-state index >= 15 is 0 Å². The lowest BCUT2D eigenvalue weighted by Gasteiger charge is -1.98. The minimum absolute atomic E-state index is 0.132. The summed E-state index contributed by atoms with van der Waals surface area (Å²) >= 11 is 0.236. The minimum Gasteiger partial charge on any atom is -0.444 e. The van der Waals surface area contributed by atoms with Gasteiger partial charge in [-0.15, -0.1) is 0 Å². The first-order valence-corrected chi connectivity index (χ1v) is 5.58. The lowest BCUT2D eigenvalue weighted by molar-refractivity contribution is -0.391. The van der Waals surface area contributed by atoms with Crippen LogP contribution in [-0.2, 0) is 24.7 Å². The summed E-state index contributed by atoms with van der Waals surface area (Å²) in [5.41, 5.74) is 0. The summed E-state index contributed by atoms with van der Waals surface area (Å²) in [6, 6.07) is 0. The van der Waals surface area contributed by atoms with Crippen molar-refractivity contribution >= 4 is 21.9 Å². The smallest absolute Gasteiger partial charge is 0.342 e. The highest BCUT2D eigenvalue weighted by atomic mass is 32.1. The topological polar surface area (TPSA) is 104 Å². The number of nitrogens with zero attached hydrogens (tertiary/aromatic N) is 4. The molecule has 0 N–H and O–H groups in total. The Bertz CT molecular complexity index is 627. The highest BCUT2D eigenvalue weighted by molar-refractivity contribution is 7.67. The van der Waals surface area contributed by atoms with Gasteiger partial charge in [0.1, 0.15) is 17.3 Å². The van der Waals surface area contributed by atoms with E-state index in [2.05, 4.69) is 9.97 Å². The maximum Gasteiger partial charge on any atom is 0.342 e. The summed E-state index contributed by atoms with van der Waals surface area (Å²) in [5.74, 6) is 0.478. The molecular formula is C9H8N4O4S. The van der Waals surface area contributed by atoms with Gasteiger partial charge in [-0.05, 0) is 4.92 Å². The Labute approximate surface area is 104 Å². The van der Waals surface area contributed by atoms with Crippen LogP contribution in [0, 0.1) is 10.1 Å². The van der Waals surface area contributed by atoms with Crippen molar-refractivity contribution < 1.29 is 13.5 Å². The zero-order chi connectivity index (χ0) is 13.1. The average Bonchev–Trinajstić information content (AvgIpc) is 2.96. The van der Waals surface area contributed by atoms with Gasteiger partial charge < -0.3 is 14.5 Å². The molecule has 0 aliphatic rings. The van der Waals surface area contributed by atoms with Crippen LogP contribution in [0.1, 0.15) is 11.7 Å². The van der Waals surface area contributed by atoms with Crippen LogP contribution < -0.4 is 0 Å². The second-order valence-corrected chi connectivity index (χ2v) is 4.03. The summed E-state index contributed by atoms with van der Waals surface area (Å²) in [4.78, 5) is 18.2. The van der Waals surface area contributed by atoms with Crippen molar-refractivity contribution in [2.75, 3.05) is 0 Å². The van der Waals surface area contributed by atoms with Crippen molar-refractivity contribution in [3.8, 4) is 0 Å². The summed E-state index contributed by atoms with van der Waals surface area (Å²) in [6.45, 7) is 0. The van der Waals surface area contributed by atoms with Gasteiger partial charge in [0.05, 0.1) is 30.9 Å². The highest BCUT2D eigenvalue weighted by Crippen LogP contribution is 2.13. The molecule has 0 bridgehead atoms. The molecule has 2 aromatic rings. The molecule has 2 rings (SSSR count). The highest BCUT2D eigenvalue weighted by Gasteiger charge is 2.20. The standard InChI is InChI=1S/C9H8N4O4S/c1-12-7(11-5-8(12)13(14)15)4-6(18-16)9-10-2-3-17-9/h2-3,5H,4H2,1H3. The van der Waals surface area contributed by atoms with E-state index in [1.165, 1.54) is 24.1 Å². The van der Waals surface area contributed by atoms with Gasteiger partial charge in [-0.2, -0.15) is 0 Å². The van der Waals surface area contributed by atoms with Crippen molar-refractivity contribution in [3.63, 3.8) is 0 Å². The Kier molecular flexibility index (Phi) is 3.33. The van der Waals surface area contributed by atoms with Gasteiger partial charge >= 0.3 is 5.82 Å². The first-order valence-electron chi connectivity index (χ1n) is 4.84. The van der Waals surface area contributed by atoms with Crippen LogP contribution in [0.4, 0.5) is 5.82 Å². The van der Waals surface area contributed by atoms with Crippen LogP contribution in [0.5, 0.6) is 0 Å². The first kappa shape index (κ1) is 12.2. The van der Waals surface area contributed by atoms with Gasteiger partial charge in [-0.25, -0.2) is 18.7 Å². The third kappa shape index (κ3) is 2.20. The van der Waals surface area contributed by atoms with Gasteiger partial charge in [0, 0.05) is 0 Å². The van der Waals surface area contributed by atoms with Gasteiger partial charge in [-0.1, -0.05) is 0 Å². The van der Waals surface area contributed by atoms with E-state index in [-0.39, 0.29) is 29.4 Å². The molecule has 18 heavy (non-hydrogen) atoms. The molecule has 2 heterocycles. The predicted octanol–water partition coefficient (Wildman–Crippen LogP) is 0.292. The van der Waals surface area contributed by atoms with Crippen LogP contribution in [0.25, 0.3) is 0 Å². The molecule has 0 aliphatic heterocycles. The van der Waals surface area contributed by atoms with Crippen LogP contribution in [0.15, 0.2) is 23.1 Å². The maximum atomic E-state index is 11.0. The Balaban J connectivity index is 2.29. The van der Waals surface area contributed by atoms with Crippen LogP contribution in [0.3, 0.4) is 0 Å². The Morgan fingerprint density at radius 2 is 2.39 bits per heavy atom. The summed E-state index contributed by atoms with van der Waals surface area (Å²) < 4.78 is 17.3. The van der Waals surface area contributed by atoms with E-state index in [1.54, 1.807) is 0 Å². The first-order chi connectivity index (χ1) is 8.63. The van der Waals surface area contributed by atoms with Crippen molar-refractivity contribution in [2.45, 2.75) is 6.42 Å². The Morgan fingerprint density at radius 3 is 2.89 bits per heavy atom. The van der Waals surface area contributed by atoms with Crippen LogP contribution in [-0.4, -0.2) is 28.5 Å². The molecule has 0 radical (unpaired) electrons. The quantitative estimate of drug-likeness (QED) is 0.341. The monoisotopic (exact) mass is 268 g/mol. The summed E-state index contributed by atoms with van der Waals surface area (Å²) in [7, 11) is 1.52. The number of imidazole rings is 1. The van der Waals surface area contributed by atoms with E-state index in [4.69, 9.17) is 4.42 Å². The molecule has 9 heteroatoms. The second-order valence-electron chi connectivity index (χ2n) is 3.37. The van der Waals surface area contributed by atoms with E-state index in [1.807, 2.05) is 0 Å². The van der Waals surface area contributed by atoms with Crippen LogP contribution in [0.2, 0.25) is 0 Å². The molecule has 0 saturated carbocycles. The Morgan fingerprint density at radius 1 is 1.61 bits per heavy atom. The molecule has 0 spiro atoms. The molecule has 8 nitrogen and oxygen atoms in total. The lowest BCUT2D eigenvalue weighted by Crippen LogP contribution is -2.10. The van der Waals surface area contributed by atoms with Crippen molar-refractivity contribution in [1.29, 1.82) is 0 Å². The summed E-state index contributed by atoms with van der Waals surface area (Å²) in [6.07, 6.45) is 4.07. The molecule has 0 unspecified atom stereocenters. The SMILES string of the molecule is Cn1c([N+](=O)[O-])cnc1CC(=S=O)c1ncco1. The van der Waals surface area contributed by atoms with E-state index in [0.29, 0.717) is 10.7 Å². The number of oxazole rings is 1. The molecule has 2 aromatic heterocycles. The zero-order valence-electron chi connectivity index (χ0n) is 9.27. The molecule has 0 atom stereocenters. The molecule has 0 aromatic carbocycles. The number of nitro groups is 1. The lowest BCUT2D eigenvalue weighted by atomic mass is 10.3. The summed E-state index contributed by atoms with van der Waals surface area (Å²) in [5, 5.41) is 10.7. The fraction of sp³-hybridized carbons (Fsp3) is 0.222. The third-order valence-corrected chi connectivity index (χ3v) is 2.86. The van der Waals surface area contributed by atoms with Gasteiger partial charge in [0.25, 0.3) is 0 Å². The van der Waals surface area contributed by atoms with Gasteiger partial charge in [0.2, 0.25) is 11.7 Å². The third-order valence-electron chi connectivity index (χ3n) is 2.34. The number of rotatable bonds is 4. The number of aromatic nitrogens is 3. The van der Waals surface area contributed by atoms with Crippen molar-refractivity contribution in [2.24, 2.45) is 7.05 Å². The molecule has 0 fully saturated rings. The molecular weight excluding hydrogens is 260 g/mol. The Hall–Kier alpha value is -2.29.